The molecule has 1 aromatic heterocycles. The van der Waals surface area contributed by atoms with Crippen LogP contribution in [0, 0.1) is 0 Å². The van der Waals surface area contributed by atoms with Crippen molar-refractivity contribution in [2.45, 2.75) is 26.3 Å². The van der Waals surface area contributed by atoms with Crippen LogP contribution in [0.1, 0.15) is 30.1 Å². The van der Waals surface area contributed by atoms with Gasteiger partial charge < -0.3 is 22.7 Å². The van der Waals surface area contributed by atoms with Crippen molar-refractivity contribution in [1.82, 2.24) is 0 Å². The van der Waals surface area contributed by atoms with E-state index in [9.17, 15) is 4.79 Å². The van der Waals surface area contributed by atoms with Crippen molar-refractivity contribution in [2.75, 3.05) is 0 Å². The molecule has 1 aromatic rings. The van der Waals surface area contributed by atoms with Gasteiger partial charge in [-0.2, -0.15) is 0 Å². The van der Waals surface area contributed by atoms with Crippen LogP contribution >= 0.6 is 0 Å². The molecule has 0 saturated heterocycles. The first-order chi connectivity index (χ1) is 6.24. The Morgan fingerprint density at radius 1 is 1.43 bits per heavy atom. The number of nitrogens with zero attached hydrogens (tertiary/aromatic N) is 1. The van der Waals surface area contributed by atoms with Gasteiger partial charge in [-0.1, -0.05) is 13.3 Å². The van der Waals surface area contributed by atoms with Crippen molar-refractivity contribution in [3.63, 3.8) is 0 Å². The first kappa shape index (κ1) is 13.1. The number of carbonyl (C=O) groups excluding carboxylic acids is 1. The van der Waals surface area contributed by atoms with Crippen molar-refractivity contribution in [3.8, 4) is 0 Å². The number of pyridine rings is 1. The molecule has 0 radical (unpaired) electrons. The molecule has 0 aromatic carbocycles. The molecule has 1 amide bonds. The van der Waals surface area contributed by atoms with E-state index in [4.69, 9.17) is 5.73 Å². The van der Waals surface area contributed by atoms with Gasteiger partial charge >= 0.3 is 0 Å². The van der Waals surface area contributed by atoms with Gasteiger partial charge in [-0.25, -0.2) is 4.57 Å². The van der Waals surface area contributed by atoms with Crippen LogP contribution in [0.25, 0.3) is 0 Å². The first-order valence-electron chi connectivity index (χ1n) is 4.53. The van der Waals surface area contributed by atoms with E-state index in [1.165, 1.54) is 6.42 Å². The third-order valence-electron chi connectivity index (χ3n) is 1.95. The SMILES string of the molecule is CCCC[n+]1ccc(C(N)=O)cc1.[Br-]. The number of nitrogens with two attached hydrogens (primary N) is 1. The van der Waals surface area contributed by atoms with Crippen molar-refractivity contribution >= 4 is 5.91 Å². The van der Waals surface area contributed by atoms with Crippen LogP contribution in [0.3, 0.4) is 0 Å². The van der Waals surface area contributed by atoms with Crippen LogP contribution in [-0.2, 0) is 6.54 Å². The number of aryl methyl sites for hydroxylation is 1. The molecular formula is C10H15BrN2O. The van der Waals surface area contributed by atoms with Gasteiger partial charge in [0.2, 0.25) is 5.91 Å². The molecule has 0 spiro atoms. The molecule has 0 aliphatic rings. The summed E-state index contributed by atoms with van der Waals surface area (Å²) in [5.41, 5.74) is 5.68. The Morgan fingerprint density at radius 2 is 2.00 bits per heavy atom. The molecule has 1 heterocycles. The predicted octanol–water partition coefficient (Wildman–Crippen LogP) is -2.12. The van der Waals surface area contributed by atoms with Crippen LogP contribution in [0.15, 0.2) is 24.5 Å². The molecule has 0 atom stereocenters. The lowest BCUT2D eigenvalue weighted by Gasteiger charge is -1.95. The van der Waals surface area contributed by atoms with Gasteiger partial charge in [0.15, 0.2) is 12.4 Å². The smallest absolute Gasteiger partial charge is 0.249 e. The number of hydrogen-bond donors (Lipinski definition) is 1. The number of primary amides is 1. The van der Waals surface area contributed by atoms with E-state index in [2.05, 4.69) is 11.5 Å². The molecule has 0 unspecified atom stereocenters. The van der Waals surface area contributed by atoms with E-state index in [1.807, 2.05) is 12.4 Å². The average molecular weight is 259 g/mol. The molecule has 0 aliphatic heterocycles. The maximum absolute atomic E-state index is 10.7. The number of halogens is 1. The normalized spacial score (nSPS) is 9.21. The van der Waals surface area contributed by atoms with E-state index < -0.39 is 0 Å². The average Bonchev–Trinajstić information content (AvgIpc) is 2.15. The van der Waals surface area contributed by atoms with Crippen LogP contribution < -0.4 is 27.3 Å². The Labute approximate surface area is 94.7 Å². The minimum atomic E-state index is -0.373. The van der Waals surface area contributed by atoms with Crippen LogP contribution in [0.5, 0.6) is 0 Å². The highest BCUT2D eigenvalue weighted by Crippen LogP contribution is 1.93. The molecule has 4 heteroatoms. The van der Waals surface area contributed by atoms with Crippen molar-refractivity contribution in [2.24, 2.45) is 5.73 Å². The standard InChI is InChI=1S/C10H14N2O.BrH/c1-2-3-6-12-7-4-9(5-8-12)10(11)13;/h4-5,7-8H,2-3,6H2,1H3,(H-,11,13);1H. The quantitative estimate of drug-likeness (QED) is 0.617. The monoisotopic (exact) mass is 258 g/mol. The summed E-state index contributed by atoms with van der Waals surface area (Å²) in [6.45, 7) is 3.15. The fraction of sp³-hybridized carbons (Fsp3) is 0.400. The zero-order chi connectivity index (χ0) is 9.68. The molecule has 0 fully saturated rings. The summed E-state index contributed by atoms with van der Waals surface area (Å²) in [5, 5.41) is 0. The van der Waals surface area contributed by atoms with Gasteiger partial charge in [0.25, 0.3) is 0 Å². The second kappa shape index (κ2) is 6.54. The number of carbonyl (C=O) groups is 1. The van der Waals surface area contributed by atoms with Crippen LogP contribution in [0.4, 0.5) is 0 Å². The van der Waals surface area contributed by atoms with Gasteiger partial charge in [0.1, 0.15) is 6.54 Å². The summed E-state index contributed by atoms with van der Waals surface area (Å²) in [5.74, 6) is -0.373. The molecule has 0 aliphatic carbocycles. The van der Waals surface area contributed by atoms with E-state index in [0.717, 1.165) is 13.0 Å². The summed E-state index contributed by atoms with van der Waals surface area (Å²) in [4.78, 5) is 10.7. The van der Waals surface area contributed by atoms with Crippen LogP contribution in [0.2, 0.25) is 0 Å². The lowest BCUT2D eigenvalue weighted by atomic mass is 10.2. The summed E-state index contributed by atoms with van der Waals surface area (Å²) < 4.78 is 2.05. The minimum absolute atomic E-state index is 0. The van der Waals surface area contributed by atoms with Gasteiger partial charge in [-0.15, -0.1) is 0 Å². The first-order valence-corrected chi connectivity index (χ1v) is 4.53. The van der Waals surface area contributed by atoms with Crippen LogP contribution in [-0.4, -0.2) is 5.91 Å². The lowest BCUT2D eigenvalue weighted by Crippen LogP contribution is -3.00. The molecule has 0 saturated carbocycles. The van der Waals surface area contributed by atoms with Crippen molar-refractivity contribution in [1.29, 1.82) is 0 Å². The number of rotatable bonds is 4. The van der Waals surface area contributed by atoms with E-state index in [1.54, 1.807) is 12.1 Å². The van der Waals surface area contributed by atoms with Gasteiger partial charge in [-0.05, 0) is 0 Å². The summed E-state index contributed by atoms with van der Waals surface area (Å²) in [7, 11) is 0. The Morgan fingerprint density at radius 3 is 2.43 bits per heavy atom. The molecule has 2 N–H and O–H groups in total. The Hall–Kier alpha value is -0.900. The summed E-state index contributed by atoms with van der Waals surface area (Å²) in [6.07, 6.45) is 6.09. The largest absolute Gasteiger partial charge is 1.00 e. The zero-order valence-electron chi connectivity index (χ0n) is 8.24. The lowest BCUT2D eigenvalue weighted by molar-refractivity contribution is -0.697. The molecule has 14 heavy (non-hydrogen) atoms. The maximum atomic E-state index is 10.7. The van der Waals surface area contributed by atoms with E-state index >= 15 is 0 Å². The highest BCUT2D eigenvalue weighted by molar-refractivity contribution is 5.92. The second-order valence-electron chi connectivity index (χ2n) is 3.04. The Kier molecular flexibility index (Phi) is 6.12. The molecule has 78 valence electrons. The molecule has 3 nitrogen and oxygen atoms in total. The fourth-order valence-corrected chi connectivity index (χ4v) is 1.11. The summed E-state index contributed by atoms with van der Waals surface area (Å²) in [6, 6.07) is 3.50. The zero-order valence-corrected chi connectivity index (χ0v) is 9.83. The minimum Gasteiger partial charge on any atom is -1.00 e. The molecular weight excluding hydrogens is 244 g/mol. The Balaban J connectivity index is 0.00000169. The van der Waals surface area contributed by atoms with Gasteiger partial charge in [0, 0.05) is 18.6 Å². The predicted molar refractivity (Wildman–Crippen MR) is 50.1 cm³/mol. The Bertz CT molecular complexity index is 285. The van der Waals surface area contributed by atoms with Crippen molar-refractivity contribution < 1.29 is 26.3 Å². The number of unbranched alkanes of at least 4 members (excludes halogenated alkanes) is 1. The van der Waals surface area contributed by atoms with Crippen molar-refractivity contribution in [3.05, 3.63) is 30.1 Å². The number of amides is 1. The number of aromatic nitrogens is 1. The summed E-state index contributed by atoms with van der Waals surface area (Å²) >= 11 is 0. The highest BCUT2D eigenvalue weighted by Gasteiger charge is 2.03. The van der Waals surface area contributed by atoms with E-state index in [-0.39, 0.29) is 22.9 Å². The third-order valence-corrected chi connectivity index (χ3v) is 1.95. The molecule has 1 rings (SSSR count). The third kappa shape index (κ3) is 3.87. The van der Waals surface area contributed by atoms with E-state index in [0.29, 0.717) is 5.56 Å². The maximum Gasteiger partial charge on any atom is 0.249 e. The second-order valence-corrected chi connectivity index (χ2v) is 3.04. The van der Waals surface area contributed by atoms with Gasteiger partial charge in [0.05, 0.1) is 5.56 Å². The topological polar surface area (TPSA) is 47.0 Å². The fourth-order valence-electron chi connectivity index (χ4n) is 1.11. The number of hydrogen-bond acceptors (Lipinski definition) is 1. The molecule has 0 bridgehead atoms. The highest BCUT2D eigenvalue weighted by atomic mass is 79.9. The van der Waals surface area contributed by atoms with Gasteiger partial charge in [-0.3, -0.25) is 4.79 Å².